The molecule has 0 unspecified atom stereocenters. The van der Waals surface area contributed by atoms with E-state index in [1.54, 1.807) is 0 Å². The van der Waals surface area contributed by atoms with Gasteiger partial charge in [-0.3, -0.25) is 4.79 Å². The maximum atomic E-state index is 12.3. The van der Waals surface area contributed by atoms with Crippen molar-refractivity contribution in [2.75, 3.05) is 6.54 Å². The first kappa shape index (κ1) is 6.48. The monoisotopic (exact) mass is 132 g/mol. The molecule has 1 amide bonds. The van der Waals surface area contributed by atoms with E-state index in [0.29, 0.717) is 0 Å². The van der Waals surface area contributed by atoms with Gasteiger partial charge in [-0.25, -0.2) is 4.39 Å². The molecule has 3 N–H and O–H groups in total. The van der Waals surface area contributed by atoms with E-state index in [9.17, 15) is 9.18 Å². The standard InChI is InChI=1S/C5H9FN2O/c6-3-1-4(7)5(9)8-2-3/h3-4H,1-2,7H2,(H,8,9)/t3-,4-/m0/s1. The third-order valence-electron chi connectivity index (χ3n) is 1.34. The van der Waals surface area contributed by atoms with E-state index >= 15 is 0 Å². The van der Waals surface area contributed by atoms with Crippen LogP contribution >= 0.6 is 0 Å². The number of carbonyl (C=O) groups excluding carboxylic acids is 1. The zero-order valence-electron chi connectivity index (χ0n) is 4.93. The summed E-state index contributed by atoms with van der Waals surface area (Å²) >= 11 is 0. The van der Waals surface area contributed by atoms with E-state index in [4.69, 9.17) is 5.73 Å². The molecule has 2 atom stereocenters. The normalized spacial score (nSPS) is 36.0. The first-order chi connectivity index (χ1) is 4.20. The van der Waals surface area contributed by atoms with Crippen LogP contribution in [0.1, 0.15) is 6.42 Å². The summed E-state index contributed by atoms with van der Waals surface area (Å²) in [6.07, 6.45) is -0.802. The molecule has 0 aromatic heterocycles. The molecule has 0 aliphatic carbocycles. The average molecular weight is 132 g/mol. The third-order valence-corrected chi connectivity index (χ3v) is 1.34. The number of hydrogen-bond acceptors (Lipinski definition) is 2. The molecule has 1 fully saturated rings. The molecule has 0 aromatic carbocycles. The van der Waals surface area contributed by atoms with Gasteiger partial charge in [-0.15, -0.1) is 0 Å². The van der Waals surface area contributed by atoms with E-state index in [-0.39, 0.29) is 18.9 Å². The summed E-state index contributed by atoms with van der Waals surface area (Å²) in [5.41, 5.74) is 5.22. The highest BCUT2D eigenvalue weighted by Crippen LogP contribution is 2.04. The van der Waals surface area contributed by atoms with Crippen molar-refractivity contribution in [3.63, 3.8) is 0 Å². The van der Waals surface area contributed by atoms with Crippen molar-refractivity contribution in [2.24, 2.45) is 5.73 Å². The summed E-state index contributed by atoms with van der Waals surface area (Å²) in [5, 5.41) is 2.34. The van der Waals surface area contributed by atoms with Gasteiger partial charge in [0.25, 0.3) is 0 Å². The molecule has 0 aromatic rings. The molecule has 52 valence electrons. The number of nitrogens with one attached hydrogen (secondary N) is 1. The smallest absolute Gasteiger partial charge is 0.237 e. The Morgan fingerprint density at radius 1 is 1.78 bits per heavy atom. The summed E-state index contributed by atoms with van der Waals surface area (Å²) in [4.78, 5) is 10.5. The number of rotatable bonds is 0. The zero-order valence-corrected chi connectivity index (χ0v) is 4.93. The predicted molar refractivity (Wildman–Crippen MR) is 30.5 cm³/mol. The first-order valence-electron chi connectivity index (χ1n) is 2.87. The van der Waals surface area contributed by atoms with Crippen molar-refractivity contribution < 1.29 is 9.18 Å². The predicted octanol–water partition coefficient (Wildman–Crippen LogP) is -0.828. The fourth-order valence-corrected chi connectivity index (χ4v) is 0.808. The van der Waals surface area contributed by atoms with Crippen molar-refractivity contribution in [1.29, 1.82) is 0 Å². The minimum atomic E-state index is -0.960. The summed E-state index contributed by atoms with van der Waals surface area (Å²) in [7, 11) is 0. The van der Waals surface area contributed by atoms with Crippen LogP contribution in [0.15, 0.2) is 0 Å². The molecular formula is C5H9FN2O. The number of halogens is 1. The first-order valence-corrected chi connectivity index (χ1v) is 2.87. The molecule has 0 bridgehead atoms. The minimum Gasteiger partial charge on any atom is -0.352 e. The number of hydrogen-bond donors (Lipinski definition) is 2. The Labute approximate surface area is 52.4 Å². The SMILES string of the molecule is N[C@H]1C[C@H](F)CNC1=O. The van der Waals surface area contributed by atoms with Crippen molar-refractivity contribution in [3.05, 3.63) is 0 Å². The summed E-state index contributed by atoms with van der Waals surface area (Å²) in [5.74, 6) is -0.246. The summed E-state index contributed by atoms with van der Waals surface area (Å²) in [6, 6.07) is -0.645. The maximum absolute atomic E-state index is 12.3. The van der Waals surface area contributed by atoms with Gasteiger partial charge in [-0.1, -0.05) is 0 Å². The highest BCUT2D eigenvalue weighted by atomic mass is 19.1. The minimum absolute atomic E-state index is 0.118. The molecule has 9 heavy (non-hydrogen) atoms. The van der Waals surface area contributed by atoms with Crippen LogP contribution in [0, 0.1) is 0 Å². The lowest BCUT2D eigenvalue weighted by molar-refractivity contribution is -0.124. The van der Waals surface area contributed by atoms with Crippen LogP contribution in [0.3, 0.4) is 0 Å². The lowest BCUT2D eigenvalue weighted by Gasteiger charge is -2.20. The molecule has 1 aliphatic heterocycles. The molecule has 0 radical (unpaired) electrons. The van der Waals surface area contributed by atoms with Gasteiger partial charge in [0.2, 0.25) is 5.91 Å². The molecule has 1 rings (SSSR count). The Balaban J connectivity index is 2.44. The van der Waals surface area contributed by atoms with Crippen LogP contribution in [0.4, 0.5) is 4.39 Å². The molecule has 1 saturated heterocycles. The summed E-state index contributed by atoms with van der Waals surface area (Å²) in [6.45, 7) is 0.118. The highest BCUT2D eigenvalue weighted by molar-refractivity contribution is 5.82. The second kappa shape index (κ2) is 2.31. The van der Waals surface area contributed by atoms with E-state index in [0.717, 1.165) is 0 Å². The van der Waals surface area contributed by atoms with Crippen LogP contribution in [0.2, 0.25) is 0 Å². The van der Waals surface area contributed by atoms with Crippen molar-refractivity contribution >= 4 is 5.91 Å². The van der Waals surface area contributed by atoms with Gasteiger partial charge in [0.15, 0.2) is 0 Å². The molecule has 1 heterocycles. The van der Waals surface area contributed by atoms with E-state index in [1.165, 1.54) is 0 Å². The van der Waals surface area contributed by atoms with Crippen molar-refractivity contribution in [3.8, 4) is 0 Å². The number of carbonyl (C=O) groups is 1. The van der Waals surface area contributed by atoms with Crippen LogP contribution in [0.25, 0.3) is 0 Å². The van der Waals surface area contributed by atoms with Gasteiger partial charge < -0.3 is 11.1 Å². The quantitative estimate of drug-likeness (QED) is 0.452. The molecule has 1 aliphatic rings. The average Bonchev–Trinajstić information content (AvgIpc) is 1.80. The van der Waals surface area contributed by atoms with Crippen molar-refractivity contribution in [1.82, 2.24) is 5.32 Å². The van der Waals surface area contributed by atoms with Gasteiger partial charge in [0.05, 0.1) is 6.04 Å². The van der Waals surface area contributed by atoms with E-state index in [1.807, 2.05) is 0 Å². The van der Waals surface area contributed by atoms with Gasteiger partial charge in [0.1, 0.15) is 6.17 Å². The Morgan fingerprint density at radius 2 is 2.44 bits per heavy atom. The molecule has 4 heteroatoms. The number of piperidine rings is 1. The van der Waals surface area contributed by atoms with E-state index in [2.05, 4.69) is 5.32 Å². The lowest BCUT2D eigenvalue weighted by Crippen LogP contribution is -2.49. The zero-order chi connectivity index (χ0) is 6.85. The van der Waals surface area contributed by atoms with Crippen LogP contribution in [0.5, 0.6) is 0 Å². The molecule has 0 spiro atoms. The van der Waals surface area contributed by atoms with Crippen LogP contribution in [-0.4, -0.2) is 24.7 Å². The topological polar surface area (TPSA) is 55.1 Å². The Kier molecular flexibility index (Phi) is 1.66. The largest absolute Gasteiger partial charge is 0.352 e. The van der Waals surface area contributed by atoms with Gasteiger partial charge in [-0.2, -0.15) is 0 Å². The number of alkyl halides is 1. The Bertz CT molecular complexity index is 128. The summed E-state index contributed by atoms with van der Waals surface area (Å²) < 4.78 is 12.3. The van der Waals surface area contributed by atoms with Crippen molar-refractivity contribution in [2.45, 2.75) is 18.6 Å². The number of nitrogens with two attached hydrogens (primary N) is 1. The second-order valence-electron chi connectivity index (χ2n) is 2.18. The van der Waals surface area contributed by atoms with E-state index < -0.39 is 12.2 Å². The molecule has 3 nitrogen and oxygen atoms in total. The fraction of sp³-hybridized carbons (Fsp3) is 0.800. The Morgan fingerprint density at radius 3 is 2.89 bits per heavy atom. The molecular weight excluding hydrogens is 123 g/mol. The maximum Gasteiger partial charge on any atom is 0.237 e. The lowest BCUT2D eigenvalue weighted by atomic mass is 10.1. The Hall–Kier alpha value is -0.640. The van der Waals surface area contributed by atoms with Gasteiger partial charge in [0, 0.05) is 13.0 Å². The second-order valence-corrected chi connectivity index (χ2v) is 2.18. The highest BCUT2D eigenvalue weighted by Gasteiger charge is 2.24. The van der Waals surface area contributed by atoms with Gasteiger partial charge >= 0.3 is 0 Å². The fourth-order valence-electron chi connectivity index (χ4n) is 0.808. The third kappa shape index (κ3) is 1.38. The van der Waals surface area contributed by atoms with Crippen LogP contribution in [-0.2, 0) is 4.79 Å². The number of amides is 1. The van der Waals surface area contributed by atoms with Gasteiger partial charge in [-0.05, 0) is 0 Å². The molecule has 0 saturated carbocycles. The van der Waals surface area contributed by atoms with Crippen LogP contribution < -0.4 is 11.1 Å².